The lowest BCUT2D eigenvalue weighted by Crippen LogP contribution is -2.48. The number of likely N-dealkylation sites (tertiary alicyclic amines) is 1. The molecule has 2 aromatic rings. The van der Waals surface area contributed by atoms with E-state index in [1.807, 2.05) is 18.2 Å². The fraction of sp³-hybridized carbons (Fsp3) is 0.381. The highest BCUT2D eigenvalue weighted by Crippen LogP contribution is 2.34. The van der Waals surface area contributed by atoms with Gasteiger partial charge >= 0.3 is 0 Å². The van der Waals surface area contributed by atoms with Crippen LogP contribution in [0.3, 0.4) is 0 Å². The number of likely N-dealkylation sites (N-methyl/N-ethyl adjacent to an activating group) is 1. The third-order valence-corrected chi connectivity index (χ3v) is 5.07. The fourth-order valence-electron chi connectivity index (χ4n) is 3.56. The molecule has 0 bridgehead atoms. The van der Waals surface area contributed by atoms with E-state index in [9.17, 15) is 9.18 Å². The molecule has 0 unspecified atom stereocenters. The minimum Gasteiger partial charge on any atom is -0.493 e. The average Bonchev–Trinajstić information content (AvgIpc) is 2.69. The average molecular weight is 372 g/mol. The lowest BCUT2D eigenvalue weighted by Gasteiger charge is -2.37. The van der Waals surface area contributed by atoms with Gasteiger partial charge in [0.05, 0.1) is 14.2 Å². The highest BCUT2D eigenvalue weighted by atomic mass is 19.1. The van der Waals surface area contributed by atoms with E-state index in [2.05, 4.69) is 17.3 Å². The first-order valence-electron chi connectivity index (χ1n) is 8.98. The first-order chi connectivity index (χ1) is 13.0. The number of amides is 1. The van der Waals surface area contributed by atoms with Crippen LogP contribution in [-0.2, 0) is 0 Å². The van der Waals surface area contributed by atoms with Gasteiger partial charge in [-0.05, 0) is 62.0 Å². The minimum atomic E-state index is -0.353. The van der Waals surface area contributed by atoms with Gasteiger partial charge in [-0.25, -0.2) is 4.39 Å². The van der Waals surface area contributed by atoms with Crippen LogP contribution in [0.15, 0.2) is 42.5 Å². The highest BCUT2D eigenvalue weighted by Gasteiger charge is 2.31. The van der Waals surface area contributed by atoms with Crippen LogP contribution in [0.2, 0.25) is 0 Å². The molecular formula is C21H25FN2O3. The topological polar surface area (TPSA) is 50.8 Å². The number of carbonyl (C=O) groups excluding carboxylic acids is 1. The number of ether oxygens (including phenoxy) is 2. The summed E-state index contributed by atoms with van der Waals surface area (Å²) >= 11 is 0. The Morgan fingerprint density at radius 1 is 1.11 bits per heavy atom. The lowest BCUT2D eigenvalue weighted by atomic mass is 9.85. The Bertz CT molecular complexity index is 795. The molecule has 0 aliphatic carbocycles. The van der Waals surface area contributed by atoms with Gasteiger partial charge in [-0.1, -0.05) is 6.07 Å². The van der Waals surface area contributed by atoms with Gasteiger partial charge in [-0.15, -0.1) is 0 Å². The number of rotatable bonds is 5. The van der Waals surface area contributed by atoms with Crippen molar-refractivity contribution in [2.45, 2.75) is 18.4 Å². The quantitative estimate of drug-likeness (QED) is 0.876. The van der Waals surface area contributed by atoms with Crippen molar-refractivity contribution in [3.63, 3.8) is 0 Å². The fourth-order valence-corrected chi connectivity index (χ4v) is 3.56. The molecule has 144 valence electrons. The van der Waals surface area contributed by atoms with Crippen LogP contribution in [0, 0.1) is 5.82 Å². The van der Waals surface area contributed by atoms with E-state index < -0.39 is 0 Å². The van der Waals surface area contributed by atoms with Crippen LogP contribution >= 0.6 is 0 Å². The van der Waals surface area contributed by atoms with Gasteiger partial charge in [-0.3, -0.25) is 4.79 Å². The number of nitrogens with zero attached hydrogens (tertiary/aromatic N) is 1. The first-order valence-corrected chi connectivity index (χ1v) is 8.98. The SMILES string of the molecule is COc1ccc([C@H]2CN(C)CC[C@H]2NC(=O)c2ccc(F)cc2)cc1OC. The van der Waals surface area contributed by atoms with Crippen LogP contribution < -0.4 is 14.8 Å². The molecule has 1 N–H and O–H groups in total. The molecule has 0 spiro atoms. The summed E-state index contributed by atoms with van der Waals surface area (Å²) in [6.45, 7) is 1.72. The van der Waals surface area contributed by atoms with E-state index in [4.69, 9.17) is 9.47 Å². The maximum absolute atomic E-state index is 13.1. The molecule has 1 heterocycles. The van der Waals surface area contributed by atoms with Crippen molar-refractivity contribution in [2.75, 3.05) is 34.4 Å². The van der Waals surface area contributed by atoms with Gasteiger partial charge in [0, 0.05) is 24.1 Å². The predicted molar refractivity (Wildman–Crippen MR) is 102 cm³/mol. The van der Waals surface area contributed by atoms with Crippen molar-refractivity contribution in [3.8, 4) is 11.5 Å². The Morgan fingerprint density at radius 2 is 1.81 bits per heavy atom. The zero-order valence-corrected chi connectivity index (χ0v) is 15.9. The summed E-state index contributed by atoms with van der Waals surface area (Å²) in [5, 5.41) is 3.13. The molecule has 2 aromatic carbocycles. The molecule has 1 aliphatic rings. The Kier molecular flexibility index (Phi) is 5.96. The molecule has 1 fully saturated rings. The van der Waals surface area contributed by atoms with Crippen LogP contribution in [0.4, 0.5) is 4.39 Å². The number of piperidine rings is 1. The second-order valence-electron chi connectivity index (χ2n) is 6.86. The van der Waals surface area contributed by atoms with E-state index in [1.54, 1.807) is 14.2 Å². The summed E-state index contributed by atoms with van der Waals surface area (Å²) in [5.41, 5.74) is 1.55. The molecule has 5 nitrogen and oxygen atoms in total. The third kappa shape index (κ3) is 4.39. The van der Waals surface area contributed by atoms with Gasteiger partial charge in [0.25, 0.3) is 5.91 Å². The Morgan fingerprint density at radius 3 is 2.48 bits per heavy atom. The van der Waals surface area contributed by atoms with E-state index in [0.29, 0.717) is 17.1 Å². The van der Waals surface area contributed by atoms with Gasteiger partial charge in [0.2, 0.25) is 0 Å². The predicted octanol–water partition coefficient (Wildman–Crippen LogP) is 3.06. The molecule has 1 saturated heterocycles. The molecule has 27 heavy (non-hydrogen) atoms. The summed E-state index contributed by atoms with van der Waals surface area (Å²) in [4.78, 5) is 14.9. The Labute approximate surface area is 159 Å². The molecule has 1 amide bonds. The zero-order chi connectivity index (χ0) is 19.4. The second-order valence-corrected chi connectivity index (χ2v) is 6.86. The summed E-state index contributed by atoms with van der Waals surface area (Å²) in [6, 6.07) is 11.5. The summed E-state index contributed by atoms with van der Waals surface area (Å²) < 4.78 is 23.9. The standard InChI is InChI=1S/C21H25FN2O3/c1-24-11-10-18(23-21(25)14-4-7-16(22)8-5-14)17(13-24)15-6-9-19(26-2)20(12-15)27-3/h4-9,12,17-18H,10-11,13H2,1-3H3,(H,23,25)/t17-,18-/m1/s1. The van der Waals surface area contributed by atoms with Gasteiger partial charge < -0.3 is 19.7 Å². The van der Waals surface area contributed by atoms with Gasteiger partial charge in [0.1, 0.15) is 5.82 Å². The van der Waals surface area contributed by atoms with Crippen molar-refractivity contribution in [1.29, 1.82) is 0 Å². The smallest absolute Gasteiger partial charge is 0.251 e. The van der Waals surface area contributed by atoms with E-state index in [-0.39, 0.29) is 23.7 Å². The monoisotopic (exact) mass is 372 g/mol. The van der Waals surface area contributed by atoms with Crippen LogP contribution in [-0.4, -0.2) is 51.2 Å². The number of nitrogens with one attached hydrogen (secondary N) is 1. The molecule has 0 saturated carbocycles. The van der Waals surface area contributed by atoms with Crippen LogP contribution in [0.1, 0.15) is 28.3 Å². The number of hydrogen-bond acceptors (Lipinski definition) is 4. The molecular weight excluding hydrogens is 347 g/mol. The Hall–Kier alpha value is -2.60. The molecule has 1 aliphatic heterocycles. The summed E-state index contributed by atoms with van der Waals surface area (Å²) in [5.74, 6) is 0.932. The number of methoxy groups -OCH3 is 2. The van der Waals surface area contributed by atoms with E-state index in [1.165, 1.54) is 24.3 Å². The van der Waals surface area contributed by atoms with Crippen LogP contribution in [0.25, 0.3) is 0 Å². The van der Waals surface area contributed by atoms with Crippen LogP contribution in [0.5, 0.6) is 11.5 Å². The number of halogens is 1. The van der Waals surface area contributed by atoms with E-state index in [0.717, 1.165) is 25.1 Å². The largest absolute Gasteiger partial charge is 0.493 e. The number of hydrogen-bond donors (Lipinski definition) is 1. The van der Waals surface area contributed by atoms with E-state index >= 15 is 0 Å². The second kappa shape index (κ2) is 8.39. The molecule has 2 atom stereocenters. The van der Waals surface area contributed by atoms with Crippen molar-refractivity contribution < 1.29 is 18.7 Å². The van der Waals surface area contributed by atoms with Crippen molar-refractivity contribution in [3.05, 3.63) is 59.4 Å². The van der Waals surface area contributed by atoms with Gasteiger partial charge in [-0.2, -0.15) is 0 Å². The Balaban J connectivity index is 1.83. The summed E-state index contributed by atoms with van der Waals surface area (Å²) in [6.07, 6.45) is 0.836. The normalized spacial score (nSPS) is 20.1. The highest BCUT2D eigenvalue weighted by molar-refractivity contribution is 5.94. The molecule has 3 rings (SSSR count). The number of carbonyl (C=O) groups is 1. The zero-order valence-electron chi connectivity index (χ0n) is 15.9. The first kappa shape index (κ1) is 19.2. The molecule has 0 aromatic heterocycles. The molecule has 6 heteroatoms. The van der Waals surface area contributed by atoms with Crippen molar-refractivity contribution in [1.82, 2.24) is 10.2 Å². The maximum atomic E-state index is 13.1. The van der Waals surface area contributed by atoms with Gasteiger partial charge in [0.15, 0.2) is 11.5 Å². The number of benzene rings is 2. The summed E-state index contributed by atoms with van der Waals surface area (Å²) in [7, 11) is 5.30. The lowest BCUT2D eigenvalue weighted by molar-refractivity contribution is 0.0904. The third-order valence-electron chi connectivity index (χ3n) is 5.07. The maximum Gasteiger partial charge on any atom is 0.251 e. The van der Waals surface area contributed by atoms with Crippen molar-refractivity contribution >= 4 is 5.91 Å². The van der Waals surface area contributed by atoms with Crippen molar-refractivity contribution in [2.24, 2.45) is 0 Å². The molecule has 0 radical (unpaired) electrons. The minimum absolute atomic E-state index is 0.0168.